The highest BCUT2D eigenvalue weighted by Gasteiger charge is 2.23. The van der Waals surface area contributed by atoms with E-state index in [-0.39, 0.29) is 18.4 Å². The van der Waals surface area contributed by atoms with Crippen LogP contribution in [0.3, 0.4) is 0 Å². The van der Waals surface area contributed by atoms with Crippen molar-refractivity contribution in [3.63, 3.8) is 0 Å². The number of carbonyl (C=O) groups excluding carboxylic acids is 1. The van der Waals surface area contributed by atoms with Gasteiger partial charge in [-0.1, -0.05) is 18.2 Å². The molecule has 3 N–H and O–H groups in total. The summed E-state index contributed by atoms with van der Waals surface area (Å²) in [5, 5.41) is 5.30. The Balaban J connectivity index is 2.46. The molecule has 8 heteroatoms. The van der Waals surface area contributed by atoms with Crippen molar-refractivity contribution in [2.24, 2.45) is 0 Å². The van der Waals surface area contributed by atoms with Crippen LogP contribution in [0.25, 0.3) is 0 Å². The molecule has 0 spiro atoms. The van der Waals surface area contributed by atoms with Crippen LogP contribution in [-0.4, -0.2) is 38.8 Å². The Labute approximate surface area is 136 Å². The van der Waals surface area contributed by atoms with E-state index in [4.69, 9.17) is 0 Å². The molecule has 1 atom stereocenters. The number of hydrogen-bond donors (Lipinski definition) is 3. The average Bonchev–Trinajstić information content (AvgIpc) is 2.36. The zero-order chi connectivity index (χ0) is 17.7. The molecule has 0 saturated heterocycles. The smallest absolute Gasteiger partial charge is 0.315 e. The SMILES string of the molecule is C[C@H](Cc1ccccc1F)NC(=O)NCC(C)(C)NS(C)(=O)=O. The molecule has 0 radical (unpaired) electrons. The van der Waals surface area contributed by atoms with Gasteiger partial charge in [0, 0.05) is 18.1 Å². The minimum atomic E-state index is -3.36. The molecule has 0 fully saturated rings. The van der Waals surface area contributed by atoms with Gasteiger partial charge in [0.15, 0.2) is 0 Å². The van der Waals surface area contributed by atoms with Crippen molar-refractivity contribution in [3.05, 3.63) is 35.6 Å². The maximum Gasteiger partial charge on any atom is 0.315 e. The van der Waals surface area contributed by atoms with Gasteiger partial charge in [-0.2, -0.15) is 0 Å². The molecule has 0 aliphatic rings. The highest BCUT2D eigenvalue weighted by molar-refractivity contribution is 7.88. The normalized spacial score (nSPS) is 13.4. The van der Waals surface area contributed by atoms with Gasteiger partial charge in [0.1, 0.15) is 5.82 Å². The zero-order valence-electron chi connectivity index (χ0n) is 13.8. The summed E-state index contributed by atoms with van der Waals surface area (Å²) >= 11 is 0. The molecular weight excluding hydrogens is 321 g/mol. The first-order valence-electron chi connectivity index (χ1n) is 7.25. The first-order valence-corrected chi connectivity index (χ1v) is 9.14. The van der Waals surface area contributed by atoms with Crippen LogP contribution >= 0.6 is 0 Å². The third kappa shape index (κ3) is 7.94. The number of sulfonamides is 1. The Bertz CT molecular complexity index is 647. The summed E-state index contributed by atoms with van der Waals surface area (Å²) in [5.74, 6) is -0.306. The van der Waals surface area contributed by atoms with Crippen molar-refractivity contribution < 1.29 is 17.6 Å². The van der Waals surface area contributed by atoms with Gasteiger partial charge in [-0.05, 0) is 38.8 Å². The van der Waals surface area contributed by atoms with Gasteiger partial charge in [0.05, 0.1) is 6.26 Å². The molecule has 0 saturated carbocycles. The Morgan fingerprint density at radius 1 is 1.30 bits per heavy atom. The van der Waals surface area contributed by atoms with E-state index in [9.17, 15) is 17.6 Å². The van der Waals surface area contributed by atoms with Crippen molar-refractivity contribution in [3.8, 4) is 0 Å². The average molecular weight is 345 g/mol. The number of halogens is 1. The van der Waals surface area contributed by atoms with Crippen molar-refractivity contribution in [2.75, 3.05) is 12.8 Å². The summed E-state index contributed by atoms with van der Waals surface area (Å²) in [7, 11) is -3.36. The fourth-order valence-corrected chi connectivity index (χ4v) is 3.23. The van der Waals surface area contributed by atoms with Crippen LogP contribution < -0.4 is 15.4 Å². The molecule has 0 aromatic heterocycles. The minimum absolute atomic E-state index is 0.123. The van der Waals surface area contributed by atoms with Gasteiger partial charge in [-0.15, -0.1) is 0 Å². The molecule has 6 nitrogen and oxygen atoms in total. The molecular formula is C15H24FN3O3S. The minimum Gasteiger partial charge on any atom is -0.336 e. The topological polar surface area (TPSA) is 87.3 Å². The predicted molar refractivity (Wildman–Crippen MR) is 88.2 cm³/mol. The lowest BCUT2D eigenvalue weighted by Gasteiger charge is -2.26. The zero-order valence-corrected chi connectivity index (χ0v) is 14.6. The van der Waals surface area contributed by atoms with Crippen LogP contribution in [-0.2, 0) is 16.4 Å². The van der Waals surface area contributed by atoms with Gasteiger partial charge in [-0.25, -0.2) is 22.3 Å². The molecule has 1 rings (SSSR count). The first kappa shape index (κ1) is 19.4. The molecule has 23 heavy (non-hydrogen) atoms. The fourth-order valence-electron chi connectivity index (χ4n) is 2.16. The fraction of sp³-hybridized carbons (Fsp3) is 0.533. The van der Waals surface area contributed by atoms with Crippen molar-refractivity contribution in [1.29, 1.82) is 0 Å². The number of rotatable bonds is 7. The van der Waals surface area contributed by atoms with E-state index >= 15 is 0 Å². The quantitative estimate of drug-likeness (QED) is 0.698. The first-order chi connectivity index (χ1) is 10.5. The van der Waals surface area contributed by atoms with Crippen LogP contribution in [0.15, 0.2) is 24.3 Å². The summed E-state index contributed by atoms with van der Waals surface area (Å²) < 4.78 is 38.4. The molecule has 0 heterocycles. The van der Waals surface area contributed by atoms with Crippen LogP contribution in [0, 0.1) is 5.82 Å². The van der Waals surface area contributed by atoms with E-state index in [0.717, 1.165) is 6.26 Å². The lowest BCUT2D eigenvalue weighted by molar-refractivity contribution is 0.234. The number of nitrogens with one attached hydrogen (secondary N) is 3. The van der Waals surface area contributed by atoms with E-state index in [1.807, 2.05) is 0 Å². The maximum absolute atomic E-state index is 13.6. The van der Waals surface area contributed by atoms with E-state index in [1.54, 1.807) is 39.0 Å². The largest absolute Gasteiger partial charge is 0.336 e. The highest BCUT2D eigenvalue weighted by Crippen LogP contribution is 2.09. The van der Waals surface area contributed by atoms with Gasteiger partial charge in [-0.3, -0.25) is 0 Å². The molecule has 0 aliphatic heterocycles. The Morgan fingerprint density at radius 3 is 2.48 bits per heavy atom. The van der Waals surface area contributed by atoms with Gasteiger partial charge in [0.2, 0.25) is 10.0 Å². The second kappa shape index (κ2) is 7.74. The van der Waals surface area contributed by atoms with Crippen molar-refractivity contribution in [1.82, 2.24) is 15.4 Å². The van der Waals surface area contributed by atoms with Crippen LogP contribution in [0.4, 0.5) is 9.18 Å². The standard InChI is InChI=1S/C15H24FN3O3S/c1-11(9-12-7-5-6-8-13(12)16)18-14(20)17-10-15(2,3)19-23(4,21)22/h5-8,11,19H,9-10H2,1-4H3,(H2,17,18,20)/t11-/m1/s1. The number of hydrogen-bond acceptors (Lipinski definition) is 3. The summed E-state index contributed by atoms with van der Waals surface area (Å²) in [5.41, 5.74) is -0.279. The van der Waals surface area contributed by atoms with E-state index in [1.165, 1.54) is 6.07 Å². The maximum atomic E-state index is 13.6. The summed E-state index contributed by atoms with van der Waals surface area (Å²) in [6.45, 7) is 5.22. The van der Waals surface area contributed by atoms with E-state index < -0.39 is 21.6 Å². The van der Waals surface area contributed by atoms with E-state index in [2.05, 4.69) is 15.4 Å². The molecule has 0 unspecified atom stereocenters. The van der Waals surface area contributed by atoms with Crippen LogP contribution in [0.5, 0.6) is 0 Å². The Morgan fingerprint density at radius 2 is 1.91 bits per heavy atom. The Hall–Kier alpha value is -1.67. The molecule has 2 amide bonds. The predicted octanol–water partition coefficient (Wildman–Crippen LogP) is 1.38. The lowest BCUT2D eigenvalue weighted by atomic mass is 10.1. The van der Waals surface area contributed by atoms with Gasteiger partial charge < -0.3 is 10.6 Å². The van der Waals surface area contributed by atoms with E-state index in [0.29, 0.717) is 12.0 Å². The molecule has 1 aromatic rings. The molecule has 0 bridgehead atoms. The number of amides is 2. The third-order valence-corrected chi connectivity index (χ3v) is 3.94. The lowest BCUT2D eigenvalue weighted by Crippen LogP contribution is -2.53. The number of benzene rings is 1. The highest BCUT2D eigenvalue weighted by atomic mass is 32.2. The molecule has 0 aliphatic carbocycles. The summed E-state index contributed by atoms with van der Waals surface area (Å²) in [4.78, 5) is 11.8. The number of urea groups is 1. The van der Waals surface area contributed by atoms with Crippen LogP contribution in [0.2, 0.25) is 0 Å². The number of carbonyl (C=O) groups is 1. The molecule has 1 aromatic carbocycles. The van der Waals surface area contributed by atoms with Gasteiger partial charge >= 0.3 is 6.03 Å². The summed E-state index contributed by atoms with van der Waals surface area (Å²) in [6.07, 6.45) is 1.43. The Kier molecular flexibility index (Phi) is 6.52. The van der Waals surface area contributed by atoms with Gasteiger partial charge in [0.25, 0.3) is 0 Å². The second-order valence-corrected chi connectivity index (χ2v) is 8.03. The summed E-state index contributed by atoms with van der Waals surface area (Å²) in [6, 6.07) is 5.70. The van der Waals surface area contributed by atoms with Crippen LogP contribution in [0.1, 0.15) is 26.3 Å². The monoisotopic (exact) mass is 345 g/mol. The van der Waals surface area contributed by atoms with Crippen molar-refractivity contribution in [2.45, 2.75) is 38.8 Å². The van der Waals surface area contributed by atoms with Crippen molar-refractivity contribution >= 4 is 16.1 Å². The molecule has 130 valence electrons. The third-order valence-electron chi connectivity index (χ3n) is 3.01. The second-order valence-electron chi connectivity index (χ2n) is 6.28.